The molecule has 2 amide bonds. The number of nitrogens with one attached hydrogen (secondary N) is 1. The zero-order chi connectivity index (χ0) is 28.6. The Labute approximate surface area is 230 Å². The maximum Gasteiger partial charge on any atom is 0.244 e. The Morgan fingerprint density at radius 2 is 1.54 bits per heavy atom. The van der Waals surface area contributed by atoms with Gasteiger partial charge in [0.2, 0.25) is 21.8 Å². The molecule has 9 heteroatoms. The van der Waals surface area contributed by atoms with Crippen molar-refractivity contribution in [3.8, 4) is 0 Å². The lowest BCUT2D eigenvalue weighted by atomic mass is 10.0. The van der Waals surface area contributed by atoms with E-state index in [2.05, 4.69) is 5.32 Å². The van der Waals surface area contributed by atoms with Crippen LogP contribution >= 0.6 is 0 Å². The summed E-state index contributed by atoms with van der Waals surface area (Å²) >= 11 is 0. The number of anilines is 1. The van der Waals surface area contributed by atoms with Crippen molar-refractivity contribution in [3.05, 3.63) is 101 Å². The van der Waals surface area contributed by atoms with E-state index in [0.29, 0.717) is 23.2 Å². The molecule has 3 aromatic carbocycles. The predicted octanol–water partition coefficient (Wildman–Crippen LogP) is 4.45. The number of rotatable bonds is 12. The molecule has 0 radical (unpaired) electrons. The van der Waals surface area contributed by atoms with Gasteiger partial charge < -0.3 is 10.2 Å². The van der Waals surface area contributed by atoms with Gasteiger partial charge in [-0.15, -0.1) is 0 Å². The first kappa shape index (κ1) is 29.8. The van der Waals surface area contributed by atoms with Crippen molar-refractivity contribution in [3.63, 3.8) is 0 Å². The highest BCUT2D eigenvalue weighted by atomic mass is 32.2. The molecule has 0 aliphatic heterocycles. The standard InChI is InChI=1S/C30H36FN3O4S/c1-5-23(3)32-30(36)28(19-24-12-7-6-8-13-24)33(20-25-15-17-26(31)18-16-25)29(35)21-34(39(4,37)38)27-14-10-9-11-22(27)2/h6-18,23,28H,5,19-21H2,1-4H3,(H,32,36)/t23-,28-/m1/s1. The van der Waals surface area contributed by atoms with Crippen molar-refractivity contribution >= 4 is 27.5 Å². The largest absolute Gasteiger partial charge is 0.352 e. The SMILES string of the molecule is CC[C@@H](C)NC(=O)[C@@H](Cc1ccccc1)N(Cc1ccc(F)cc1)C(=O)CN(c1ccccc1C)S(C)(=O)=O. The van der Waals surface area contributed by atoms with E-state index in [0.717, 1.165) is 16.1 Å². The molecule has 0 aliphatic rings. The topological polar surface area (TPSA) is 86.8 Å². The summed E-state index contributed by atoms with van der Waals surface area (Å²) < 4.78 is 40.4. The van der Waals surface area contributed by atoms with E-state index in [1.807, 2.05) is 44.2 Å². The Balaban J connectivity index is 2.06. The molecule has 208 valence electrons. The first-order valence-electron chi connectivity index (χ1n) is 12.9. The molecule has 3 aromatic rings. The third-order valence-electron chi connectivity index (χ3n) is 6.60. The number of halogens is 1. The van der Waals surface area contributed by atoms with Crippen molar-refractivity contribution < 1.29 is 22.4 Å². The van der Waals surface area contributed by atoms with Gasteiger partial charge in [0.1, 0.15) is 18.4 Å². The molecule has 0 aliphatic carbocycles. The quantitative estimate of drug-likeness (QED) is 0.359. The molecule has 0 saturated carbocycles. The van der Waals surface area contributed by atoms with Crippen LogP contribution in [0.25, 0.3) is 0 Å². The van der Waals surface area contributed by atoms with E-state index >= 15 is 0 Å². The minimum atomic E-state index is -3.84. The fourth-order valence-corrected chi connectivity index (χ4v) is 5.13. The maximum absolute atomic E-state index is 14.0. The summed E-state index contributed by atoms with van der Waals surface area (Å²) in [6.07, 6.45) is 1.97. The van der Waals surface area contributed by atoms with E-state index in [-0.39, 0.29) is 24.9 Å². The van der Waals surface area contributed by atoms with E-state index in [1.165, 1.54) is 17.0 Å². The van der Waals surface area contributed by atoms with Gasteiger partial charge in [-0.2, -0.15) is 0 Å². The van der Waals surface area contributed by atoms with E-state index in [1.54, 1.807) is 43.3 Å². The molecule has 0 heterocycles. The molecule has 0 unspecified atom stereocenters. The number of carbonyl (C=O) groups is 2. The summed E-state index contributed by atoms with van der Waals surface area (Å²) in [6.45, 7) is 5.10. The van der Waals surface area contributed by atoms with Crippen LogP contribution < -0.4 is 9.62 Å². The molecule has 0 spiro atoms. The number of carbonyl (C=O) groups excluding carboxylic acids is 2. The minimum absolute atomic E-state index is 0.00405. The molecule has 0 aromatic heterocycles. The number of sulfonamides is 1. The van der Waals surface area contributed by atoms with Crippen molar-refractivity contribution in [2.24, 2.45) is 0 Å². The molecule has 39 heavy (non-hydrogen) atoms. The minimum Gasteiger partial charge on any atom is -0.352 e. The zero-order valence-corrected chi connectivity index (χ0v) is 23.6. The molecule has 0 fully saturated rings. The van der Waals surface area contributed by atoms with Crippen LogP contribution in [-0.2, 0) is 32.6 Å². The Morgan fingerprint density at radius 3 is 2.13 bits per heavy atom. The number of hydrogen-bond donors (Lipinski definition) is 1. The second-order valence-electron chi connectivity index (χ2n) is 9.73. The van der Waals surface area contributed by atoms with Gasteiger partial charge in [-0.05, 0) is 55.2 Å². The Morgan fingerprint density at radius 1 is 0.923 bits per heavy atom. The third kappa shape index (κ3) is 8.38. The van der Waals surface area contributed by atoms with Gasteiger partial charge in [0.05, 0.1) is 11.9 Å². The van der Waals surface area contributed by atoms with Gasteiger partial charge in [0.25, 0.3) is 0 Å². The highest BCUT2D eigenvalue weighted by Crippen LogP contribution is 2.23. The van der Waals surface area contributed by atoms with Crippen LogP contribution in [-0.4, -0.2) is 50.0 Å². The molecule has 0 saturated heterocycles. The van der Waals surface area contributed by atoms with Crippen molar-refractivity contribution in [1.29, 1.82) is 0 Å². The average molecular weight is 554 g/mol. The maximum atomic E-state index is 14.0. The first-order valence-corrected chi connectivity index (χ1v) is 14.8. The number of nitrogens with zero attached hydrogens (tertiary/aromatic N) is 2. The lowest BCUT2D eigenvalue weighted by molar-refractivity contribution is -0.140. The Hall–Kier alpha value is -3.72. The van der Waals surface area contributed by atoms with Crippen molar-refractivity contribution in [2.45, 2.75) is 52.2 Å². The van der Waals surface area contributed by atoms with Gasteiger partial charge in [-0.1, -0.05) is 67.6 Å². The first-order chi connectivity index (χ1) is 18.5. The van der Waals surface area contributed by atoms with Gasteiger partial charge in [-0.25, -0.2) is 12.8 Å². The Kier molecular flexibility index (Phi) is 10.2. The zero-order valence-electron chi connectivity index (χ0n) is 22.8. The summed E-state index contributed by atoms with van der Waals surface area (Å²) in [5, 5.41) is 2.98. The molecular weight excluding hydrogens is 517 g/mol. The summed E-state index contributed by atoms with van der Waals surface area (Å²) in [4.78, 5) is 29.0. The fourth-order valence-electron chi connectivity index (χ4n) is 4.22. The van der Waals surface area contributed by atoms with Crippen LogP contribution in [0.3, 0.4) is 0 Å². The number of aryl methyl sites for hydroxylation is 1. The molecule has 0 bridgehead atoms. The third-order valence-corrected chi connectivity index (χ3v) is 7.73. The summed E-state index contributed by atoms with van der Waals surface area (Å²) in [5.41, 5.74) is 2.54. The summed E-state index contributed by atoms with van der Waals surface area (Å²) in [6, 6.07) is 20.9. The second-order valence-corrected chi connectivity index (χ2v) is 11.6. The highest BCUT2D eigenvalue weighted by molar-refractivity contribution is 7.92. The fraction of sp³-hybridized carbons (Fsp3) is 0.333. The van der Waals surface area contributed by atoms with Gasteiger partial charge in [0.15, 0.2) is 0 Å². The summed E-state index contributed by atoms with van der Waals surface area (Å²) in [5.74, 6) is -1.31. The number of hydrogen-bond acceptors (Lipinski definition) is 4. The lowest BCUT2D eigenvalue weighted by Crippen LogP contribution is -2.54. The average Bonchev–Trinajstić information content (AvgIpc) is 2.90. The summed E-state index contributed by atoms with van der Waals surface area (Å²) in [7, 11) is -3.84. The second kappa shape index (κ2) is 13.4. The normalized spacial score (nSPS) is 12.8. The van der Waals surface area contributed by atoms with Crippen LogP contribution in [0.1, 0.15) is 37.0 Å². The highest BCUT2D eigenvalue weighted by Gasteiger charge is 2.33. The molecule has 2 atom stereocenters. The number of amides is 2. The molecule has 3 rings (SSSR count). The lowest BCUT2D eigenvalue weighted by Gasteiger charge is -2.34. The predicted molar refractivity (Wildman–Crippen MR) is 152 cm³/mol. The molecule has 7 nitrogen and oxygen atoms in total. The van der Waals surface area contributed by atoms with Gasteiger partial charge in [-0.3, -0.25) is 13.9 Å². The van der Waals surface area contributed by atoms with Crippen molar-refractivity contribution in [1.82, 2.24) is 10.2 Å². The van der Waals surface area contributed by atoms with Crippen LogP contribution in [0.15, 0.2) is 78.9 Å². The molecule has 1 N–H and O–H groups in total. The van der Waals surface area contributed by atoms with E-state index in [9.17, 15) is 22.4 Å². The smallest absolute Gasteiger partial charge is 0.244 e. The van der Waals surface area contributed by atoms with Crippen LogP contribution in [0.4, 0.5) is 10.1 Å². The van der Waals surface area contributed by atoms with Crippen LogP contribution in [0.5, 0.6) is 0 Å². The van der Waals surface area contributed by atoms with Gasteiger partial charge in [0, 0.05) is 19.0 Å². The monoisotopic (exact) mass is 553 g/mol. The van der Waals surface area contributed by atoms with Crippen LogP contribution in [0.2, 0.25) is 0 Å². The number of benzene rings is 3. The van der Waals surface area contributed by atoms with Crippen molar-refractivity contribution in [2.75, 3.05) is 17.1 Å². The van der Waals surface area contributed by atoms with Gasteiger partial charge >= 0.3 is 0 Å². The van der Waals surface area contributed by atoms with E-state index < -0.39 is 34.3 Å². The Bertz CT molecular complexity index is 1360. The number of para-hydroxylation sites is 1. The molecular formula is C30H36FN3O4S. The van der Waals surface area contributed by atoms with E-state index in [4.69, 9.17) is 0 Å². The van der Waals surface area contributed by atoms with Crippen LogP contribution in [0, 0.1) is 12.7 Å².